The number of thiazole rings is 1. The van der Waals surface area contributed by atoms with E-state index in [4.69, 9.17) is 0 Å². The summed E-state index contributed by atoms with van der Waals surface area (Å²) >= 11 is 1.61. The maximum Gasteiger partial charge on any atom is 0.230 e. The molecule has 0 unspecified atom stereocenters. The molecule has 1 aliphatic rings. The Kier molecular flexibility index (Phi) is 6.27. The van der Waals surface area contributed by atoms with Gasteiger partial charge in [0.15, 0.2) is 0 Å². The lowest BCUT2D eigenvalue weighted by molar-refractivity contribution is -0.115. The number of nitrogens with one attached hydrogen (secondary N) is 1. The van der Waals surface area contributed by atoms with Crippen molar-refractivity contribution in [2.45, 2.75) is 32.7 Å². The van der Waals surface area contributed by atoms with E-state index in [-0.39, 0.29) is 5.91 Å². The van der Waals surface area contributed by atoms with Gasteiger partial charge in [0.05, 0.1) is 12.1 Å². The van der Waals surface area contributed by atoms with E-state index in [9.17, 15) is 4.79 Å². The highest BCUT2D eigenvalue weighted by Gasteiger charge is 2.16. The van der Waals surface area contributed by atoms with Gasteiger partial charge in [-0.1, -0.05) is 6.92 Å². The minimum Gasteiger partial charge on any atom is -0.372 e. The molecule has 1 aromatic carbocycles. The SMILES string of the molecule is CC1CCN(c2ccc(NC(=O)Cc3csc(CN(C)C)n3)cc2)CC1. The summed E-state index contributed by atoms with van der Waals surface area (Å²) in [4.78, 5) is 21.3. The van der Waals surface area contributed by atoms with Crippen LogP contribution in [0.15, 0.2) is 29.6 Å². The van der Waals surface area contributed by atoms with Gasteiger partial charge in [0.25, 0.3) is 0 Å². The molecule has 1 amide bonds. The number of carbonyl (C=O) groups excluding carboxylic acids is 1. The number of benzene rings is 1. The van der Waals surface area contributed by atoms with Crippen molar-refractivity contribution in [2.24, 2.45) is 5.92 Å². The normalized spacial score (nSPS) is 15.5. The maximum absolute atomic E-state index is 12.3. The van der Waals surface area contributed by atoms with Crippen LogP contribution in [-0.2, 0) is 17.8 Å². The summed E-state index contributed by atoms with van der Waals surface area (Å²) < 4.78 is 0. The second-order valence-corrected chi connectivity index (χ2v) is 8.35. The lowest BCUT2D eigenvalue weighted by Gasteiger charge is -2.32. The van der Waals surface area contributed by atoms with Crippen LogP contribution in [0.5, 0.6) is 0 Å². The molecule has 1 aromatic heterocycles. The van der Waals surface area contributed by atoms with Crippen molar-refractivity contribution >= 4 is 28.6 Å². The van der Waals surface area contributed by atoms with Gasteiger partial charge in [-0.25, -0.2) is 4.98 Å². The van der Waals surface area contributed by atoms with Gasteiger partial charge >= 0.3 is 0 Å². The molecule has 0 radical (unpaired) electrons. The molecule has 1 N–H and O–H groups in total. The zero-order valence-corrected chi connectivity index (χ0v) is 16.7. The van der Waals surface area contributed by atoms with Crippen LogP contribution in [-0.4, -0.2) is 43.0 Å². The van der Waals surface area contributed by atoms with E-state index in [1.807, 2.05) is 31.6 Å². The highest BCUT2D eigenvalue weighted by molar-refractivity contribution is 7.09. The van der Waals surface area contributed by atoms with E-state index in [0.717, 1.165) is 41.9 Å². The zero-order valence-electron chi connectivity index (χ0n) is 15.9. The number of anilines is 2. The minimum absolute atomic E-state index is 0.0220. The van der Waals surface area contributed by atoms with Crippen molar-refractivity contribution in [3.63, 3.8) is 0 Å². The average Bonchev–Trinajstić information content (AvgIpc) is 3.02. The Morgan fingerprint density at radius 3 is 2.62 bits per heavy atom. The zero-order chi connectivity index (χ0) is 18.5. The predicted octanol–water partition coefficient (Wildman–Crippen LogP) is 3.62. The number of carbonyl (C=O) groups is 1. The third-order valence-electron chi connectivity index (χ3n) is 4.69. The third-order valence-corrected chi connectivity index (χ3v) is 5.57. The van der Waals surface area contributed by atoms with Crippen LogP contribution < -0.4 is 10.2 Å². The molecular weight excluding hydrogens is 344 g/mol. The first-order chi connectivity index (χ1) is 12.5. The summed E-state index contributed by atoms with van der Waals surface area (Å²) in [7, 11) is 4.03. The Hall–Kier alpha value is -1.92. The molecule has 2 aromatic rings. The monoisotopic (exact) mass is 372 g/mol. The maximum atomic E-state index is 12.3. The lowest BCUT2D eigenvalue weighted by Crippen LogP contribution is -2.32. The lowest BCUT2D eigenvalue weighted by atomic mass is 9.99. The summed E-state index contributed by atoms with van der Waals surface area (Å²) in [5.74, 6) is 0.806. The number of amides is 1. The van der Waals surface area contributed by atoms with Crippen LogP contribution in [0.1, 0.15) is 30.5 Å². The topological polar surface area (TPSA) is 48.5 Å². The van der Waals surface area contributed by atoms with Gasteiger partial charge < -0.3 is 15.1 Å². The van der Waals surface area contributed by atoms with E-state index in [1.165, 1.54) is 18.5 Å². The van der Waals surface area contributed by atoms with E-state index in [2.05, 4.69) is 39.2 Å². The third kappa shape index (κ3) is 5.29. The van der Waals surface area contributed by atoms with Crippen LogP contribution in [0.4, 0.5) is 11.4 Å². The van der Waals surface area contributed by atoms with Crippen molar-refractivity contribution in [1.29, 1.82) is 0 Å². The Labute approximate surface area is 160 Å². The van der Waals surface area contributed by atoms with Crippen LogP contribution >= 0.6 is 11.3 Å². The molecule has 1 saturated heterocycles. The second kappa shape index (κ2) is 8.64. The van der Waals surface area contributed by atoms with E-state index in [1.54, 1.807) is 11.3 Å². The molecule has 0 atom stereocenters. The summed E-state index contributed by atoms with van der Waals surface area (Å²) in [5, 5.41) is 5.99. The van der Waals surface area contributed by atoms with Crippen LogP contribution in [0, 0.1) is 5.92 Å². The Balaban J connectivity index is 1.52. The van der Waals surface area contributed by atoms with E-state index >= 15 is 0 Å². The molecule has 1 fully saturated rings. The number of hydrogen-bond acceptors (Lipinski definition) is 5. The largest absolute Gasteiger partial charge is 0.372 e. The summed E-state index contributed by atoms with van der Waals surface area (Å²) in [5.41, 5.74) is 2.92. The second-order valence-electron chi connectivity index (χ2n) is 7.41. The van der Waals surface area contributed by atoms with Crippen molar-refractivity contribution in [1.82, 2.24) is 9.88 Å². The van der Waals surface area contributed by atoms with Gasteiger partial charge in [-0.3, -0.25) is 4.79 Å². The number of aromatic nitrogens is 1. The standard InChI is InChI=1S/C20H28N4OS/c1-15-8-10-24(11-9-15)18-6-4-16(5-7-18)21-19(25)12-17-14-26-20(22-17)13-23(2)3/h4-7,14-15H,8-13H2,1-3H3,(H,21,25). The van der Waals surface area contributed by atoms with Crippen LogP contribution in [0.3, 0.4) is 0 Å². The Morgan fingerprint density at radius 2 is 1.96 bits per heavy atom. The highest BCUT2D eigenvalue weighted by Crippen LogP contribution is 2.24. The number of rotatable bonds is 6. The molecule has 5 nitrogen and oxygen atoms in total. The molecule has 26 heavy (non-hydrogen) atoms. The molecule has 1 aliphatic heterocycles. The van der Waals surface area contributed by atoms with Crippen molar-refractivity contribution in [3.05, 3.63) is 40.3 Å². The first kappa shape index (κ1) is 18.9. The molecule has 3 rings (SSSR count). The molecule has 6 heteroatoms. The first-order valence-electron chi connectivity index (χ1n) is 9.22. The summed E-state index contributed by atoms with van der Waals surface area (Å²) in [6.07, 6.45) is 2.82. The molecule has 140 valence electrons. The fourth-order valence-electron chi connectivity index (χ4n) is 3.17. The highest BCUT2D eigenvalue weighted by atomic mass is 32.1. The van der Waals surface area contributed by atoms with Crippen molar-refractivity contribution in [3.8, 4) is 0 Å². The molecule has 0 saturated carbocycles. The van der Waals surface area contributed by atoms with Gasteiger partial charge in [-0.05, 0) is 57.1 Å². The smallest absolute Gasteiger partial charge is 0.230 e. The van der Waals surface area contributed by atoms with Crippen LogP contribution in [0.2, 0.25) is 0 Å². The fraction of sp³-hybridized carbons (Fsp3) is 0.500. The molecular formula is C20H28N4OS. The minimum atomic E-state index is -0.0220. The first-order valence-corrected chi connectivity index (χ1v) is 10.1. The number of hydrogen-bond donors (Lipinski definition) is 1. The quantitative estimate of drug-likeness (QED) is 0.841. The van der Waals surface area contributed by atoms with Crippen LogP contribution in [0.25, 0.3) is 0 Å². The summed E-state index contributed by atoms with van der Waals surface area (Å²) in [6.45, 7) is 5.36. The van der Waals surface area contributed by atoms with Gasteiger partial charge in [-0.15, -0.1) is 11.3 Å². The van der Waals surface area contributed by atoms with Gasteiger partial charge in [-0.2, -0.15) is 0 Å². The van der Waals surface area contributed by atoms with Gasteiger partial charge in [0, 0.05) is 36.4 Å². The number of nitrogens with zero attached hydrogens (tertiary/aromatic N) is 3. The van der Waals surface area contributed by atoms with E-state index in [0.29, 0.717) is 6.42 Å². The van der Waals surface area contributed by atoms with Gasteiger partial charge in [0.2, 0.25) is 5.91 Å². The number of piperidine rings is 1. The molecule has 0 aliphatic carbocycles. The van der Waals surface area contributed by atoms with E-state index < -0.39 is 0 Å². The average molecular weight is 373 g/mol. The van der Waals surface area contributed by atoms with Crippen molar-refractivity contribution in [2.75, 3.05) is 37.4 Å². The summed E-state index contributed by atoms with van der Waals surface area (Å²) in [6, 6.07) is 8.18. The molecule has 0 spiro atoms. The fourth-order valence-corrected chi connectivity index (χ4v) is 4.08. The van der Waals surface area contributed by atoms with Crippen molar-refractivity contribution < 1.29 is 4.79 Å². The Morgan fingerprint density at radius 1 is 1.27 bits per heavy atom. The molecule has 2 heterocycles. The van der Waals surface area contributed by atoms with Gasteiger partial charge in [0.1, 0.15) is 5.01 Å². The molecule has 0 bridgehead atoms. The predicted molar refractivity (Wildman–Crippen MR) is 109 cm³/mol. The Bertz CT molecular complexity index is 718.